The summed E-state index contributed by atoms with van der Waals surface area (Å²) in [5.41, 5.74) is 1.64. The summed E-state index contributed by atoms with van der Waals surface area (Å²) in [7, 11) is 0. The number of carbonyl (C=O) groups excluding carboxylic acids is 1. The lowest BCUT2D eigenvalue weighted by atomic mass is 9.93. The smallest absolute Gasteiger partial charge is 0.490 e. The first-order chi connectivity index (χ1) is 17.1. The Morgan fingerprint density at radius 1 is 1.19 bits per heavy atom. The Hall–Kier alpha value is -3.08. The third kappa shape index (κ3) is 9.88. The minimum absolute atomic E-state index is 0.0397. The highest BCUT2D eigenvalue weighted by Gasteiger charge is 2.38. The zero-order valence-corrected chi connectivity index (χ0v) is 21.2. The lowest BCUT2D eigenvalue weighted by molar-refractivity contribution is -0.192. The van der Waals surface area contributed by atoms with Crippen molar-refractivity contribution in [1.82, 2.24) is 9.88 Å². The van der Waals surface area contributed by atoms with E-state index >= 15 is 0 Å². The number of pyridine rings is 1. The summed E-state index contributed by atoms with van der Waals surface area (Å²) in [6.45, 7) is 5.56. The molecule has 196 valence electrons. The van der Waals surface area contributed by atoms with E-state index in [1.54, 1.807) is 12.4 Å². The molecule has 2 aromatic rings. The van der Waals surface area contributed by atoms with Crippen LogP contribution < -0.4 is 10.1 Å². The number of alkyl halides is 3. The number of aromatic nitrogens is 1. The van der Waals surface area contributed by atoms with Gasteiger partial charge in [-0.05, 0) is 43.2 Å². The summed E-state index contributed by atoms with van der Waals surface area (Å²) < 4.78 is 38.5. The average Bonchev–Trinajstić information content (AvgIpc) is 2.85. The molecule has 2 N–H and O–H groups in total. The Labute approximate surface area is 216 Å². The number of amides is 1. The van der Waals surface area contributed by atoms with Crippen LogP contribution >= 0.6 is 15.9 Å². The Bertz CT molecular complexity index is 1000. The highest BCUT2D eigenvalue weighted by atomic mass is 79.9. The lowest BCUT2D eigenvalue weighted by Gasteiger charge is -2.34. The molecule has 1 saturated carbocycles. The van der Waals surface area contributed by atoms with Crippen LogP contribution in [-0.2, 0) is 4.79 Å². The molecule has 1 aliphatic carbocycles. The minimum Gasteiger partial charge on any atom is -0.492 e. The van der Waals surface area contributed by atoms with Gasteiger partial charge in [-0.25, -0.2) is 4.79 Å². The zero-order valence-electron chi connectivity index (χ0n) is 19.6. The van der Waals surface area contributed by atoms with Crippen molar-refractivity contribution in [2.45, 2.75) is 44.3 Å². The van der Waals surface area contributed by atoms with E-state index in [-0.39, 0.29) is 5.91 Å². The topological polar surface area (TPSA) is 91.8 Å². The normalized spacial score (nSPS) is 13.7. The van der Waals surface area contributed by atoms with Crippen LogP contribution in [0, 0.1) is 0 Å². The van der Waals surface area contributed by atoms with Crippen molar-refractivity contribution < 1.29 is 32.6 Å². The fourth-order valence-electron chi connectivity index (χ4n) is 3.70. The van der Waals surface area contributed by atoms with E-state index < -0.39 is 12.1 Å². The molecule has 0 saturated heterocycles. The SMILES string of the molecule is C=CCN(C(=O)c1cc(Br)cc(OCCNc2ccncc2)c1)C1CCCCC1.O=C(O)C(F)(F)F. The number of benzene rings is 1. The second-order valence-electron chi connectivity index (χ2n) is 8.03. The maximum absolute atomic E-state index is 13.2. The number of ether oxygens (including phenoxy) is 1. The van der Waals surface area contributed by atoms with Crippen LogP contribution in [0.3, 0.4) is 0 Å². The van der Waals surface area contributed by atoms with Gasteiger partial charge in [-0.3, -0.25) is 9.78 Å². The lowest BCUT2D eigenvalue weighted by Crippen LogP contribution is -2.41. The van der Waals surface area contributed by atoms with Crippen LogP contribution in [0.2, 0.25) is 0 Å². The molecule has 1 aromatic heterocycles. The van der Waals surface area contributed by atoms with Crippen molar-refractivity contribution in [3.63, 3.8) is 0 Å². The van der Waals surface area contributed by atoms with Gasteiger partial charge in [0.05, 0.1) is 0 Å². The molecule has 3 rings (SSSR count). The fourth-order valence-corrected chi connectivity index (χ4v) is 4.17. The Balaban J connectivity index is 0.000000572. The summed E-state index contributed by atoms with van der Waals surface area (Å²) in [5, 5.41) is 10.4. The highest BCUT2D eigenvalue weighted by Crippen LogP contribution is 2.27. The van der Waals surface area contributed by atoms with Crippen molar-refractivity contribution in [1.29, 1.82) is 0 Å². The first-order valence-corrected chi connectivity index (χ1v) is 12.2. The maximum Gasteiger partial charge on any atom is 0.490 e. The molecule has 0 unspecified atom stereocenters. The number of hydrogen-bond donors (Lipinski definition) is 2. The predicted octanol–water partition coefficient (Wildman–Crippen LogP) is 5.93. The quantitative estimate of drug-likeness (QED) is 0.286. The summed E-state index contributed by atoms with van der Waals surface area (Å²) >= 11 is 3.52. The molecule has 7 nitrogen and oxygen atoms in total. The molecule has 11 heteroatoms. The number of rotatable bonds is 9. The standard InChI is InChI=1S/C23H28BrN3O2.C2HF3O2/c1-2-13-27(21-6-4-3-5-7-21)23(28)18-15-19(24)17-22(16-18)29-14-12-26-20-8-10-25-11-9-20;3-2(4,5)1(6)7/h2,8-11,15-17,21H,1,3-7,12-14H2,(H,25,26);(H,6,7). The van der Waals surface area contributed by atoms with E-state index in [0.29, 0.717) is 37.1 Å². The van der Waals surface area contributed by atoms with Crippen LogP contribution in [0.1, 0.15) is 42.5 Å². The van der Waals surface area contributed by atoms with Gasteiger partial charge in [0.25, 0.3) is 5.91 Å². The minimum atomic E-state index is -5.08. The number of anilines is 1. The third-order valence-corrected chi connectivity index (χ3v) is 5.80. The maximum atomic E-state index is 13.2. The number of hydrogen-bond acceptors (Lipinski definition) is 5. The predicted molar refractivity (Wildman–Crippen MR) is 134 cm³/mol. The van der Waals surface area contributed by atoms with Crippen molar-refractivity contribution in [2.75, 3.05) is 25.0 Å². The van der Waals surface area contributed by atoms with Crippen molar-refractivity contribution >= 4 is 33.5 Å². The van der Waals surface area contributed by atoms with E-state index in [9.17, 15) is 18.0 Å². The number of nitrogens with one attached hydrogen (secondary N) is 1. The number of carboxylic acid groups (broad SMARTS) is 1. The molecule has 0 spiro atoms. The van der Waals surface area contributed by atoms with Gasteiger partial charge in [-0.2, -0.15) is 13.2 Å². The van der Waals surface area contributed by atoms with Crippen LogP contribution in [-0.4, -0.2) is 58.8 Å². The Morgan fingerprint density at radius 2 is 1.83 bits per heavy atom. The molecule has 1 aromatic carbocycles. The van der Waals surface area contributed by atoms with E-state index in [2.05, 4.69) is 32.8 Å². The van der Waals surface area contributed by atoms with Gasteiger partial charge in [0.2, 0.25) is 0 Å². The highest BCUT2D eigenvalue weighted by molar-refractivity contribution is 9.10. The van der Waals surface area contributed by atoms with Crippen molar-refractivity contribution in [2.24, 2.45) is 0 Å². The van der Waals surface area contributed by atoms with Gasteiger partial charge in [-0.1, -0.05) is 41.3 Å². The summed E-state index contributed by atoms with van der Waals surface area (Å²) in [6.07, 6.45) is 5.98. The van der Waals surface area contributed by atoms with Gasteiger partial charge >= 0.3 is 12.1 Å². The average molecular weight is 572 g/mol. The van der Waals surface area contributed by atoms with E-state index in [1.807, 2.05) is 41.3 Å². The fraction of sp³-hybridized carbons (Fsp3) is 0.400. The molecule has 0 bridgehead atoms. The zero-order chi connectivity index (χ0) is 26.6. The molecule has 0 radical (unpaired) electrons. The molecule has 1 amide bonds. The van der Waals surface area contributed by atoms with Crippen LogP contribution in [0.5, 0.6) is 5.75 Å². The van der Waals surface area contributed by atoms with E-state index in [1.165, 1.54) is 19.3 Å². The van der Waals surface area contributed by atoms with Crippen LogP contribution in [0.25, 0.3) is 0 Å². The number of carbonyl (C=O) groups is 2. The molecule has 1 heterocycles. The number of halogens is 4. The van der Waals surface area contributed by atoms with Crippen LogP contribution in [0.15, 0.2) is 59.9 Å². The summed E-state index contributed by atoms with van der Waals surface area (Å²) in [6, 6.07) is 9.70. The molecule has 0 atom stereocenters. The van der Waals surface area contributed by atoms with E-state index in [0.717, 1.165) is 23.0 Å². The van der Waals surface area contributed by atoms with Crippen LogP contribution in [0.4, 0.5) is 18.9 Å². The first kappa shape index (κ1) is 29.2. The van der Waals surface area contributed by atoms with Crippen molar-refractivity contribution in [3.8, 4) is 5.75 Å². The Morgan fingerprint density at radius 3 is 2.42 bits per heavy atom. The third-order valence-electron chi connectivity index (χ3n) is 5.34. The van der Waals surface area contributed by atoms with Gasteiger partial charge in [-0.15, -0.1) is 6.58 Å². The largest absolute Gasteiger partial charge is 0.492 e. The summed E-state index contributed by atoms with van der Waals surface area (Å²) in [5.74, 6) is -2.04. The monoisotopic (exact) mass is 571 g/mol. The van der Waals surface area contributed by atoms with Gasteiger partial charge < -0.3 is 20.1 Å². The molecule has 1 aliphatic rings. The van der Waals surface area contributed by atoms with Gasteiger partial charge in [0.15, 0.2) is 0 Å². The molecular weight excluding hydrogens is 543 g/mol. The number of carboxylic acids is 1. The molecule has 0 aliphatic heterocycles. The molecule has 1 fully saturated rings. The Kier molecular flexibility index (Phi) is 11.7. The first-order valence-electron chi connectivity index (χ1n) is 11.4. The molecular formula is C25H29BrF3N3O4. The van der Waals surface area contributed by atoms with E-state index in [4.69, 9.17) is 14.6 Å². The molecule has 36 heavy (non-hydrogen) atoms. The van der Waals surface area contributed by atoms with Crippen molar-refractivity contribution in [3.05, 3.63) is 65.4 Å². The van der Waals surface area contributed by atoms with Gasteiger partial charge in [0.1, 0.15) is 12.4 Å². The number of aliphatic carboxylic acids is 1. The summed E-state index contributed by atoms with van der Waals surface area (Å²) in [4.78, 5) is 28.1. The second kappa shape index (κ2) is 14.5. The van der Waals surface area contributed by atoms with Gasteiger partial charge in [0, 0.05) is 47.2 Å². The number of nitrogens with zero attached hydrogens (tertiary/aromatic N) is 2. The second-order valence-corrected chi connectivity index (χ2v) is 8.94.